The Balaban J connectivity index is 2.51. The molecule has 0 unspecified atom stereocenters. The maximum absolute atomic E-state index is 12.5. The van der Waals surface area contributed by atoms with E-state index < -0.39 is 15.8 Å². The number of guanidine groups is 1. The molecule has 1 saturated heterocycles. The molecule has 6 nitrogen and oxygen atoms in total. The second-order valence-electron chi connectivity index (χ2n) is 5.67. The molecule has 1 fully saturated rings. The summed E-state index contributed by atoms with van der Waals surface area (Å²) < 4.78 is 48.6. The molecule has 0 aromatic rings. The van der Waals surface area contributed by atoms with E-state index in [0.717, 1.165) is 16.8 Å². The maximum Gasteiger partial charge on any atom is 0.350 e. The van der Waals surface area contributed by atoms with E-state index in [4.69, 9.17) is 0 Å². The van der Waals surface area contributed by atoms with Crippen LogP contribution in [0.5, 0.6) is 0 Å². The van der Waals surface area contributed by atoms with Crippen molar-refractivity contribution in [1.82, 2.24) is 14.9 Å². The van der Waals surface area contributed by atoms with Crippen molar-refractivity contribution in [3.63, 3.8) is 0 Å². The molecule has 0 radical (unpaired) electrons. The molecule has 0 spiro atoms. The molecule has 0 aromatic heterocycles. The quantitative estimate of drug-likeness (QED) is 0.563. The lowest BCUT2D eigenvalue weighted by Gasteiger charge is -2.30. The zero-order valence-corrected chi connectivity index (χ0v) is 14.2. The van der Waals surface area contributed by atoms with Crippen LogP contribution in [0.4, 0.5) is 8.78 Å². The van der Waals surface area contributed by atoms with Crippen LogP contribution < -0.4 is 10.6 Å². The predicted octanol–water partition coefficient (Wildman–Crippen LogP) is 1.21. The number of nitrogens with one attached hydrogen (secondary N) is 2. The molecule has 0 aliphatic carbocycles. The third-order valence-corrected chi connectivity index (χ3v) is 4.97. The summed E-state index contributed by atoms with van der Waals surface area (Å²) >= 11 is 0. The second-order valence-corrected chi connectivity index (χ2v) is 7.57. The number of piperidine rings is 1. The molecular formula is C13H26F2N4O2S. The lowest BCUT2D eigenvalue weighted by Crippen LogP contribution is -2.43. The van der Waals surface area contributed by atoms with Crippen molar-refractivity contribution in [3.05, 3.63) is 0 Å². The molecule has 1 aliphatic heterocycles. The van der Waals surface area contributed by atoms with Crippen LogP contribution in [0.25, 0.3) is 0 Å². The van der Waals surface area contributed by atoms with Crippen LogP contribution in [-0.4, -0.2) is 56.7 Å². The van der Waals surface area contributed by atoms with E-state index in [2.05, 4.69) is 15.6 Å². The highest BCUT2D eigenvalue weighted by Crippen LogP contribution is 2.22. The second kappa shape index (κ2) is 8.61. The summed E-state index contributed by atoms with van der Waals surface area (Å²) in [4.78, 5) is 4.48. The predicted molar refractivity (Wildman–Crippen MR) is 83.5 cm³/mol. The summed E-state index contributed by atoms with van der Waals surface area (Å²) in [6.07, 6.45) is 1.10. The fourth-order valence-electron chi connectivity index (χ4n) is 2.27. The molecule has 0 bridgehead atoms. The highest BCUT2D eigenvalue weighted by Gasteiger charge is 2.34. The normalized spacial score (nSPS) is 19.0. The third kappa shape index (κ3) is 5.68. The minimum absolute atomic E-state index is 0.140. The molecule has 1 heterocycles. The number of halogens is 2. The zero-order valence-electron chi connectivity index (χ0n) is 13.3. The zero-order chi connectivity index (χ0) is 16.8. The molecule has 130 valence electrons. The van der Waals surface area contributed by atoms with Crippen LogP contribution in [-0.2, 0) is 10.0 Å². The van der Waals surface area contributed by atoms with Crippen molar-refractivity contribution in [1.29, 1.82) is 0 Å². The van der Waals surface area contributed by atoms with Crippen molar-refractivity contribution >= 4 is 16.0 Å². The molecule has 2 N–H and O–H groups in total. The Morgan fingerprint density at radius 3 is 2.36 bits per heavy atom. The molecule has 0 amide bonds. The van der Waals surface area contributed by atoms with Gasteiger partial charge >= 0.3 is 5.76 Å². The van der Waals surface area contributed by atoms with Crippen molar-refractivity contribution in [2.45, 2.75) is 45.4 Å². The number of rotatable bonds is 6. The summed E-state index contributed by atoms with van der Waals surface area (Å²) in [5, 5.41) is 6.34. The van der Waals surface area contributed by atoms with Gasteiger partial charge < -0.3 is 10.6 Å². The Kier molecular flexibility index (Phi) is 7.47. The van der Waals surface area contributed by atoms with Crippen LogP contribution in [0.3, 0.4) is 0 Å². The van der Waals surface area contributed by atoms with E-state index in [1.165, 1.54) is 0 Å². The van der Waals surface area contributed by atoms with E-state index in [1.807, 2.05) is 20.8 Å². The van der Waals surface area contributed by atoms with E-state index >= 15 is 0 Å². The van der Waals surface area contributed by atoms with E-state index in [0.29, 0.717) is 19.4 Å². The Morgan fingerprint density at radius 1 is 1.32 bits per heavy atom. The van der Waals surface area contributed by atoms with Crippen molar-refractivity contribution in [2.24, 2.45) is 10.9 Å². The smallest absolute Gasteiger partial charge is 0.350 e. The molecule has 1 rings (SSSR count). The van der Waals surface area contributed by atoms with Crippen LogP contribution in [0.15, 0.2) is 4.99 Å². The molecule has 0 aromatic carbocycles. The van der Waals surface area contributed by atoms with Crippen LogP contribution >= 0.6 is 0 Å². The summed E-state index contributed by atoms with van der Waals surface area (Å²) in [6, 6.07) is 0.260. The fourth-order valence-corrected chi connectivity index (χ4v) is 3.22. The number of hydrogen-bond acceptors (Lipinski definition) is 3. The summed E-state index contributed by atoms with van der Waals surface area (Å²) in [5.41, 5.74) is 0. The van der Waals surface area contributed by atoms with Gasteiger partial charge in [0.1, 0.15) is 0 Å². The average Bonchev–Trinajstić information content (AvgIpc) is 2.44. The summed E-state index contributed by atoms with van der Waals surface area (Å²) in [5.74, 6) is -2.40. The molecule has 22 heavy (non-hydrogen) atoms. The summed E-state index contributed by atoms with van der Waals surface area (Å²) in [7, 11) is -4.44. The molecule has 0 atom stereocenters. The lowest BCUT2D eigenvalue weighted by atomic mass is 9.98. The largest absolute Gasteiger partial charge is 0.357 e. The first-order valence-corrected chi connectivity index (χ1v) is 9.09. The van der Waals surface area contributed by atoms with Crippen LogP contribution in [0.1, 0.15) is 33.6 Å². The highest BCUT2D eigenvalue weighted by molar-refractivity contribution is 7.89. The Bertz CT molecular complexity index is 461. The lowest BCUT2D eigenvalue weighted by molar-refractivity contribution is 0.205. The monoisotopic (exact) mass is 340 g/mol. The number of alkyl halides is 2. The van der Waals surface area contributed by atoms with Crippen molar-refractivity contribution in [2.75, 3.05) is 26.2 Å². The van der Waals surface area contributed by atoms with Gasteiger partial charge in [-0.05, 0) is 39.5 Å². The van der Waals surface area contributed by atoms with Gasteiger partial charge in [0.15, 0.2) is 5.96 Å². The molecule has 0 saturated carbocycles. The molecule has 1 aliphatic rings. The Morgan fingerprint density at radius 2 is 1.91 bits per heavy atom. The van der Waals surface area contributed by atoms with E-state index in [9.17, 15) is 17.2 Å². The van der Waals surface area contributed by atoms with Gasteiger partial charge in [0, 0.05) is 32.2 Å². The standard InChI is InChI=1S/C13H26F2N4O2S/c1-4-16-13(18-10(2)3)17-9-11-5-7-19(8-6-11)22(20,21)12(14)15/h10-12H,4-9H2,1-3H3,(H2,16,17,18). The fraction of sp³-hybridized carbons (Fsp3) is 0.923. The van der Waals surface area contributed by atoms with Gasteiger partial charge in [-0.2, -0.15) is 13.1 Å². The number of nitrogens with zero attached hydrogens (tertiary/aromatic N) is 2. The topological polar surface area (TPSA) is 73.8 Å². The first-order valence-electron chi connectivity index (χ1n) is 7.59. The molecule has 9 heteroatoms. The van der Waals surface area contributed by atoms with Crippen molar-refractivity contribution in [3.8, 4) is 0 Å². The van der Waals surface area contributed by atoms with Crippen LogP contribution in [0.2, 0.25) is 0 Å². The summed E-state index contributed by atoms with van der Waals surface area (Å²) in [6.45, 7) is 7.60. The van der Waals surface area contributed by atoms with Gasteiger partial charge in [-0.15, -0.1) is 0 Å². The van der Waals surface area contributed by atoms with E-state index in [1.54, 1.807) is 0 Å². The minimum Gasteiger partial charge on any atom is -0.357 e. The third-order valence-electron chi connectivity index (χ3n) is 3.44. The number of aliphatic imine (C=N–C) groups is 1. The van der Waals surface area contributed by atoms with Gasteiger partial charge in [-0.1, -0.05) is 0 Å². The Hall–Kier alpha value is -0.960. The number of hydrogen-bond donors (Lipinski definition) is 2. The minimum atomic E-state index is -4.44. The first-order chi connectivity index (χ1) is 10.3. The van der Waals surface area contributed by atoms with Crippen LogP contribution in [0, 0.1) is 5.92 Å². The van der Waals surface area contributed by atoms with Gasteiger partial charge in [0.25, 0.3) is 10.0 Å². The van der Waals surface area contributed by atoms with E-state index in [-0.39, 0.29) is 25.0 Å². The highest BCUT2D eigenvalue weighted by atomic mass is 32.2. The van der Waals surface area contributed by atoms with Gasteiger partial charge in [-0.25, -0.2) is 8.42 Å². The van der Waals surface area contributed by atoms with Gasteiger partial charge in [0.05, 0.1) is 0 Å². The number of sulfonamides is 1. The first kappa shape index (κ1) is 19.1. The SMILES string of the molecule is CCNC(=NCC1CCN(S(=O)(=O)C(F)F)CC1)NC(C)C. The Labute approximate surface area is 131 Å². The average molecular weight is 340 g/mol. The molecular weight excluding hydrogens is 314 g/mol. The maximum atomic E-state index is 12.5. The van der Waals surface area contributed by atoms with Gasteiger partial charge in [0.2, 0.25) is 0 Å². The van der Waals surface area contributed by atoms with Crippen molar-refractivity contribution < 1.29 is 17.2 Å². The van der Waals surface area contributed by atoms with Gasteiger partial charge in [-0.3, -0.25) is 4.99 Å².